The number of nitrogens with zero attached hydrogens (tertiary/aromatic N) is 1. The first-order valence-corrected chi connectivity index (χ1v) is 7.48. The van der Waals surface area contributed by atoms with Crippen molar-refractivity contribution >= 4 is 11.9 Å². The Kier molecular flexibility index (Phi) is 5.77. The highest BCUT2D eigenvalue weighted by atomic mass is 16.5. The van der Waals surface area contributed by atoms with E-state index in [1.807, 2.05) is 25.1 Å². The largest absolute Gasteiger partial charge is 0.383 e. The van der Waals surface area contributed by atoms with Crippen LogP contribution in [0.3, 0.4) is 0 Å². The normalized spacial score (nSPS) is 14.9. The minimum Gasteiger partial charge on any atom is -0.383 e. The van der Waals surface area contributed by atoms with Gasteiger partial charge in [-0.15, -0.1) is 0 Å². The van der Waals surface area contributed by atoms with E-state index in [0.29, 0.717) is 19.7 Å². The number of benzene rings is 1. The molecular formula is C16H23N3O3. The van der Waals surface area contributed by atoms with E-state index in [9.17, 15) is 9.59 Å². The average Bonchev–Trinajstić information content (AvgIpc) is 2.52. The lowest BCUT2D eigenvalue weighted by Gasteiger charge is -2.29. The van der Waals surface area contributed by atoms with Gasteiger partial charge in [0, 0.05) is 20.2 Å². The van der Waals surface area contributed by atoms with Crippen LogP contribution in [0.25, 0.3) is 0 Å². The van der Waals surface area contributed by atoms with Crippen molar-refractivity contribution < 1.29 is 14.3 Å². The predicted octanol–water partition coefficient (Wildman–Crippen LogP) is 0.905. The van der Waals surface area contributed by atoms with Crippen molar-refractivity contribution in [2.75, 3.05) is 26.8 Å². The average molecular weight is 305 g/mol. The Morgan fingerprint density at radius 2 is 2.05 bits per heavy atom. The molecule has 3 amide bonds. The summed E-state index contributed by atoms with van der Waals surface area (Å²) < 4.78 is 4.94. The molecule has 1 atom stereocenters. The number of rotatable bonds is 5. The minimum atomic E-state index is -0.352. The van der Waals surface area contributed by atoms with Gasteiger partial charge >= 0.3 is 6.03 Å². The number of amides is 3. The van der Waals surface area contributed by atoms with Crippen molar-refractivity contribution in [1.82, 2.24) is 15.5 Å². The smallest absolute Gasteiger partial charge is 0.315 e. The van der Waals surface area contributed by atoms with Crippen molar-refractivity contribution in [1.29, 1.82) is 0 Å². The van der Waals surface area contributed by atoms with Gasteiger partial charge in [0.15, 0.2) is 0 Å². The zero-order valence-electron chi connectivity index (χ0n) is 13.1. The maximum Gasteiger partial charge on any atom is 0.315 e. The molecule has 0 bridgehead atoms. The molecule has 0 radical (unpaired) electrons. The van der Waals surface area contributed by atoms with Crippen LogP contribution in [0.4, 0.5) is 4.79 Å². The lowest BCUT2D eigenvalue weighted by Crippen LogP contribution is -2.47. The van der Waals surface area contributed by atoms with Crippen LogP contribution in [0.15, 0.2) is 24.3 Å². The molecule has 1 unspecified atom stereocenters. The third-order valence-electron chi connectivity index (χ3n) is 3.68. The highest BCUT2D eigenvalue weighted by Gasteiger charge is 2.20. The Hall–Kier alpha value is -2.08. The van der Waals surface area contributed by atoms with Crippen LogP contribution in [0.1, 0.15) is 18.1 Å². The van der Waals surface area contributed by atoms with Crippen molar-refractivity contribution in [3.8, 4) is 0 Å². The second-order valence-corrected chi connectivity index (χ2v) is 5.52. The number of methoxy groups -OCH3 is 1. The molecule has 1 aromatic rings. The third-order valence-corrected chi connectivity index (χ3v) is 3.68. The lowest BCUT2D eigenvalue weighted by atomic mass is 10.00. The number of hydrogen-bond donors (Lipinski definition) is 2. The molecule has 6 nitrogen and oxygen atoms in total. The second kappa shape index (κ2) is 7.79. The number of hydrogen-bond acceptors (Lipinski definition) is 3. The van der Waals surface area contributed by atoms with Crippen molar-refractivity contribution in [2.24, 2.45) is 0 Å². The number of ether oxygens (including phenoxy) is 1. The highest BCUT2D eigenvalue weighted by Crippen LogP contribution is 2.18. The van der Waals surface area contributed by atoms with Crippen LogP contribution in [0.5, 0.6) is 0 Å². The molecule has 0 aromatic heterocycles. The van der Waals surface area contributed by atoms with Gasteiger partial charge in [-0.3, -0.25) is 4.79 Å². The van der Waals surface area contributed by atoms with Crippen LogP contribution in [0.2, 0.25) is 0 Å². The Morgan fingerprint density at radius 3 is 2.77 bits per heavy atom. The molecule has 0 fully saturated rings. The van der Waals surface area contributed by atoms with Gasteiger partial charge in [-0.25, -0.2) is 4.79 Å². The van der Waals surface area contributed by atoms with Gasteiger partial charge in [0.1, 0.15) is 0 Å². The highest BCUT2D eigenvalue weighted by molar-refractivity contribution is 5.84. The summed E-state index contributed by atoms with van der Waals surface area (Å²) in [6, 6.07) is 7.69. The fourth-order valence-electron chi connectivity index (χ4n) is 2.54. The van der Waals surface area contributed by atoms with E-state index in [4.69, 9.17) is 4.74 Å². The SMILES string of the molecule is COCC(C)NC(=O)NCC(=O)N1CCc2ccccc2C1. The molecule has 6 heteroatoms. The van der Waals surface area contributed by atoms with E-state index < -0.39 is 0 Å². The first kappa shape index (κ1) is 16.3. The van der Waals surface area contributed by atoms with Gasteiger partial charge in [0.2, 0.25) is 5.91 Å². The maximum absolute atomic E-state index is 12.2. The van der Waals surface area contributed by atoms with Crippen LogP contribution in [0, 0.1) is 0 Å². The molecule has 22 heavy (non-hydrogen) atoms. The lowest BCUT2D eigenvalue weighted by molar-refractivity contribution is -0.131. The van der Waals surface area contributed by atoms with E-state index in [0.717, 1.165) is 6.42 Å². The number of urea groups is 1. The molecule has 1 aliphatic rings. The van der Waals surface area contributed by atoms with Gasteiger partial charge < -0.3 is 20.3 Å². The topological polar surface area (TPSA) is 70.7 Å². The summed E-state index contributed by atoms with van der Waals surface area (Å²) in [5.41, 5.74) is 2.48. The fourth-order valence-corrected chi connectivity index (χ4v) is 2.54. The molecule has 120 valence electrons. The quantitative estimate of drug-likeness (QED) is 0.849. The molecule has 0 saturated carbocycles. The summed E-state index contributed by atoms with van der Waals surface area (Å²) in [7, 11) is 1.58. The van der Waals surface area contributed by atoms with Crippen molar-refractivity contribution in [2.45, 2.75) is 25.9 Å². The molecule has 1 aromatic carbocycles. The molecule has 0 spiro atoms. The molecule has 2 N–H and O–H groups in total. The van der Waals surface area contributed by atoms with Crippen LogP contribution in [-0.2, 0) is 22.5 Å². The summed E-state index contributed by atoms with van der Waals surface area (Å²) >= 11 is 0. The summed E-state index contributed by atoms with van der Waals surface area (Å²) in [6.45, 7) is 3.59. The van der Waals surface area contributed by atoms with Crippen LogP contribution < -0.4 is 10.6 Å². The minimum absolute atomic E-state index is 0.00764. The van der Waals surface area contributed by atoms with Crippen LogP contribution in [-0.4, -0.2) is 49.7 Å². The van der Waals surface area contributed by atoms with Crippen LogP contribution >= 0.6 is 0 Å². The van der Waals surface area contributed by atoms with Gasteiger partial charge in [-0.1, -0.05) is 24.3 Å². The zero-order valence-corrected chi connectivity index (χ0v) is 13.1. The van der Waals surface area contributed by atoms with E-state index in [1.165, 1.54) is 11.1 Å². The number of carbonyl (C=O) groups is 2. The molecule has 0 saturated heterocycles. The Morgan fingerprint density at radius 1 is 1.32 bits per heavy atom. The summed E-state index contributed by atoms with van der Waals surface area (Å²) in [5.74, 6) is -0.0657. The van der Waals surface area contributed by atoms with Gasteiger partial charge in [0.25, 0.3) is 0 Å². The molecule has 0 aliphatic carbocycles. The third kappa shape index (κ3) is 4.46. The number of nitrogens with one attached hydrogen (secondary N) is 2. The molecule has 2 rings (SSSR count). The standard InChI is InChI=1S/C16H23N3O3/c1-12(11-22-2)18-16(21)17-9-15(20)19-8-7-13-5-3-4-6-14(13)10-19/h3-6,12H,7-11H2,1-2H3,(H2,17,18,21). The van der Waals surface area contributed by atoms with Crippen molar-refractivity contribution in [3.63, 3.8) is 0 Å². The van der Waals surface area contributed by atoms with E-state index in [2.05, 4.69) is 16.7 Å². The zero-order chi connectivity index (χ0) is 15.9. The van der Waals surface area contributed by atoms with Gasteiger partial charge in [-0.05, 0) is 24.5 Å². The molecule has 1 aliphatic heterocycles. The number of carbonyl (C=O) groups excluding carboxylic acids is 2. The Labute approximate surface area is 130 Å². The first-order valence-electron chi connectivity index (χ1n) is 7.48. The van der Waals surface area contributed by atoms with Gasteiger partial charge in [-0.2, -0.15) is 0 Å². The Balaban J connectivity index is 1.78. The van der Waals surface area contributed by atoms with E-state index >= 15 is 0 Å². The second-order valence-electron chi connectivity index (χ2n) is 5.52. The summed E-state index contributed by atoms with van der Waals surface area (Å²) in [5, 5.41) is 5.31. The Bertz CT molecular complexity index is 533. The summed E-state index contributed by atoms with van der Waals surface area (Å²) in [4.78, 5) is 25.6. The van der Waals surface area contributed by atoms with E-state index in [-0.39, 0.29) is 24.5 Å². The molecular weight excluding hydrogens is 282 g/mol. The first-order chi connectivity index (χ1) is 10.6. The summed E-state index contributed by atoms with van der Waals surface area (Å²) in [6.07, 6.45) is 0.860. The monoisotopic (exact) mass is 305 g/mol. The van der Waals surface area contributed by atoms with Gasteiger partial charge in [0.05, 0.1) is 19.2 Å². The predicted molar refractivity (Wildman–Crippen MR) is 83.4 cm³/mol. The molecule has 1 heterocycles. The van der Waals surface area contributed by atoms with E-state index in [1.54, 1.807) is 12.0 Å². The fraction of sp³-hybridized carbons (Fsp3) is 0.500. The maximum atomic E-state index is 12.2. The van der Waals surface area contributed by atoms with Crippen molar-refractivity contribution in [3.05, 3.63) is 35.4 Å². The number of fused-ring (bicyclic) bond motifs is 1.